The lowest BCUT2D eigenvalue weighted by molar-refractivity contribution is 0.407. The number of aromatic nitrogens is 1. The Morgan fingerprint density at radius 1 is 0.900 bits per heavy atom. The van der Waals surface area contributed by atoms with Crippen LogP contribution in [-0.2, 0) is 19.6 Å². The van der Waals surface area contributed by atoms with Crippen molar-refractivity contribution in [1.82, 2.24) is 9.88 Å². The van der Waals surface area contributed by atoms with Crippen molar-refractivity contribution in [3.63, 3.8) is 0 Å². The quantitative estimate of drug-likeness (QED) is 0.351. The largest absolute Gasteiger partial charge is 0.496 e. The van der Waals surface area contributed by atoms with Gasteiger partial charge < -0.3 is 14.6 Å². The molecule has 5 heteroatoms. The van der Waals surface area contributed by atoms with Gasteiger partial charge in [0.2, 0.25) is 0 Å². The van der Waals surface area contributed by atoms with Gasteiger partial charge in [0, 0.05) is 51.8 Å². The number of para-hydroxylation sites is 2. The Bertz CT molecular complexity index is 1180. The first kappa shape index (κ1) is 20.8. The van der Waals surface area contributed by atoms with E-state index in [1.807, 2.05) is 30.3 Å². The van der Waals surface area contributed by atoms with Crippen molar-refractivity contribution in [3.05, 3.63) is 99.2 Å². The third-order valence-electron chi connectivity index (χ3n) is 5.51. The van der Waals surface area contributed by atoms with Crippen molar-refractivity contribution in [2.75, 3.05) is 7.11 Å². The van der Waals surface area contributed by atoms with Gasteiger partial charge in [-0.15, -0.1) is 0 Å². The van der Waals surface area contributed by atoms with Crippen molar-refractivity contribution in [1.29, 1.82) is 0 Å². The summed E-state index contributed by atoms with van der Waals surface area (Å²) >= 11 is 12.5. The number of rotatable bonds is 7. The summed E-state index contributed by atoms with van der Waals surface area (Å²) in [6.45, 7) is 4.39. The average molecular weight is 439 g/mol. The number of hydrogen-bond donors (Lipinski definition) is 1. The molecule has 0 amide bonds. The van der Waals surface area contributed by atoms with Gasteiger partial charge in [-0.2, -0.15) is 0 Å². The summed E-state index contributed by atoms with van der Waals surface area (Å²) in [7, 11) is 1.71. The van der Waals surface area contributed by atoms with Crippen LogP contribution in [0.2, 0.25) is 10.0 Å². The maximum absolute atomic E-state index is 6.45. The Morgan fingerprint density at radius 3 is 2.47 bits per heavy atom. The molecule has 0 radical (unpaired) electrons. The van der Waals surface area contributed by atoms with E-state index in [4.69, 9.17) is 27.9 Å². The van der Waals surface area contributed by atoms with Crippen LogP contribution in [0.5, 0.6) is 5.75 Å². The van der Waals surface area contributed by atoms with E-state index in [-0.39, 0.29) is 0 Å². The van der Waals surface area contributed by atoms with Crippen molar-refractivity contribution < 1.29 is 4.74 Å². The van der Waals surface area contributed by atoms with Crippen LogP contribution in [0.15, 0.2) is 66.7 Å². The lowest BCUT2D eigenvalue weighted by atomic mass is 10.1. The van der Waals surface area contributed by atoms with Gasteiger partial charge in [-0.25, -0.2) is 0 Å². The van der Waals surface area contributed by atoms with Crippen molar-refractivity contribution in [2.24, 2.45) is 0 Å². The van der Waals surface area contributed by atoms with E-state index in [2.05, 4.69) is 47.1 Å². The van der Waals surface area contributed by atoms with Gasteiger partial charge in [0.1, 0.15) is 5.75 Å². The first-order chi connectivity index (χ1) is 14.6. The molecule has 154 valence electrons. The van der Waals surface area contributed by atoms with Crippen molar-refractivity contribution >= 4 is 34.1 Å². The molecule has 4 rings (SSSR count). The van der Waals surface area contributed by atoms with Crippen molar-refractivity contribution in [2.45, 2.75) is 26.6 Å². The molecule has 4 aromatic rings. The van der Waals surface area contributed by atoms with Crippen molar-refractivity contribution in [3.8, 4) is 5.75 Å². The van der Waals surface area contributed by atoms with Crippen LogP contribution in [-0.4, -0.2) is 11.7 Å². The second kappa shape index (κ2) is 9.13. The number of fused-ring (bicyclic) bond motifs is 1. The van der Waals surface area contributed by atoms with E-state index in [1.54, 1.807) is 13.2 Å². The number of nitrogens with one attached hydrogen (secondary N) is 1. The predicted octanol–water partition coefficient (Wildman–Crippen LogP) is 6.60. The highest BCUT2D eigenvalue weighted by Crippen LogP contribution is 2.29. The van der Waals surface area contributed by atoms with Crippen LogP contribution in [0.3, 0.4) is 0 Å². The number of hydrogen-bond acceptors (Lipinski definition) is 2. The average Bonchev–Trinajstić information content (AvgIpc) is 3.02. The highest BCUT2D eigenvalue weighted by atomic mass is 35.5. The highest BCUT2D eigenvalue weighted by Gasteiger charge is 2.15. The molecular formula is C25H24Cl2N2O. The molecule has 0 aliphatic heterocycles. The van der Waals surface area contributed by atoms with Gasteiger partial charge in [-0.05, 0) is 42.3 Å². The summed E-state index contributed by atoms with van der Waals surface area (Å²) in [5, 5.41) is 6.18. The molecular weight excluding hydrogens is 415 g/mol. The van der Waals surface area contributed by atoms with E-state index in [1.165, 1.54) is 22.2 Å². The summed E-state index contributed by atoms with van der Waals surface area (Å²) < 4.78 is 7.79. The molecule has 30 heavy (non-hydrogen) atoms. The maximum Gasteiger partial charge on any atom is 0.123 e. The zero-order valence-electron chi connectivity index (χ0n) is 17.1. The fourth-order valence-electron chi connectivity index (χ4n) is 3.92. The summed E-state index contributed by atoms with van der Waals surface area (Å²) in [5.74, 6) is 0.904. The Hall–Kier alpha value is -2.46. The fourth-order valence-corrected chi connectivity index (χ4v) is 4.39. The zero-order valence-corrected chi connectivity index (χ0v) is 18.6. The van der Waals surface area contributed by atoms with E-state index < -0.39 is 0 Å². The van der Waals surface area contributed by atoms with Crippen LogP contribution in [0.4, 0.5) is 0 Å². The normalized spacial score (nSPS) is 11.2. The molecule has 1 N–H and O–H groups in total. The number of methoxy groups -OCH3 is 1. The highest BCUT2D eigenvalue weighted by molar-refractivity contribution is 6.35. The van der Waals surface area contributed by atoms with E-state index in [0.29, 0.717) is 16.6 Å². The van der Waals surface area contributed by atoms with Gasteiger partial charge in [-0.1, -0.05) is 65.7 Å². The molecule has 0 unspecified atom stereocenters. The Balaban J connectivity index is 1.62. The summed E-state index contributed by atoms with van der Waals surface area (Å²) in [6.07, 6.45) is 0. The fraction of sp³-hybridized carbons (Fsp3) is 0.200. The third-order valence-corrected chi connectivity index (χ3v) is 6.10. The monoisotopic (exact) mass is 438 g/mol. The minimum absolute atomic E-state index is 0.652. The number of benzene rings is 3. The summed E-state index contributed by atoms with van der Waals surface area (Å²) in [4.78, 5) is 0. The predicted molar refractivity (Wildman–Crippen MR) is 126 cm³/mol. The van der Waals surface area contributed by atoms with Gasteiger partial charge in [0.25, 0.3) is 0 Å². The second-order valence-electron chi connectivity index (χ2n) is 7.32. The van der Waals surface area contributed by atoms with Crippen LogP contribution < -0.4 is 10.1 Å². The van der Waals surface area contributed by atoms with E-state index in [0.717, 1.165) is 30.0 Å². The van der Waals surface area contributed by atoms with E-state index in [9.17, 15) is 0 Å². The molecule has 0 fully saturated rings. The standard InChI is InChI=1S/C25H24Cl2N2O/c1-17-22(15-28-14-18-7-3-6-10-25(18)30-2)21-8-4-5-9-24(21)29(17)16-19-11-12-20(26)13-23(19)27/h3-13,28H,14-16H2,1-2H3. The number of ether oxygens (including phenoxy) is 1. The molecule has 0 spiro atoms. The maximum atomic E-state index is 6.45. The first-order valence-electron chi connectivity index (χ1n) is 9.91. The Morgan fingerprint density at radius 2 is 1.67 bits per heavy atom. The van der Waals surface area contributed by atoms with Gasteiger partial charge in [-0.3, -0.25) is 0 Å². The summed E-state index contributed by atoms with van der Waals surface area (Å²) in [6, 6.07) is 22.3. The lowest BCUT2D eigenvalue weighted by Crippen LogP contribution is -2.14. The van der Waals surface area contributed by atoms with E-state index >= 15 is 0 Å². The minimum Gasteiger partial charge on any atom is -0.496 e. The minimum atomic E-state index is 0.652. The molecule has 3 nitrogen and oxygen atoms in total. The Labute approximate surface area is 187 Å². The van der Waals surface area contributed by atoms with Crippen LogP contribution >= 0.6 is 23.2 Å². The van der Waals surface area contributed by atoms with Gasteiger partial charge >= 0.3 is 0 Å². The molecule has 0 atom stereocenters. The van der Waals surface area contributed by atoms with Crippen LogP contribution in [0.25, 0.3) is 10.9 Å². The molecule has 1 aromatic heterocycles. The molecule has 1 heterocycles. The second-order valence-corrected chi connectivity index (χ2v) is 8.16. The Kier molecular flexibility index (Phi) is 6.33. The molecule has 0 aliphatic rings. The molecule has 0 saturated heterocycles. The topological polar surface area (TPSA) is 26.2 Å². The number of halogens is 2. The third kappa shape index (κ3) is 4.20. The lowest BCUT2D eigenvalue weighted by Gasteiger charge is -2.12. The molecule has 0 saturated carbocycles. The van der Waals surface area contributed by atoms with Gasteiger partial charge in [0.15, 0.2) is 0 Å². The summed E-state index contributed by atoms with van der Waals surface area (Å²) in [5.41, 5.74) is 5.93. The van der Waals surface area contributed by atoms with Gasteiger partial charge in [0.05, 0.1) is 7.11 Å². The van der Waals surface area contributed by atoms with Crippen LogP contribution in [0, 0.1) is 6.92 Å². The van der Waals surface area contributed by atoms with Crippen LogP contribution in [0.1, 0.15) is 22.4 Å². The molecule has 0 bridgehead atoms. The first-order valence-corrected chi connectivity index (χ1v) is 10.7. The molecule has 3 aromatic carbocycles. The SMILES string of the molecule is COc1ccccc1CNCc1c(C)n(Cc2ccc(Cl)cc2Cl)c2ccccc12. The number of nitrogens with zero attached hydrogens (tertiary/aromatic N) is 1. The zero-order chi connectivity index (χ0) is 21.1. The molecule has 0 aliphatic carbocycles. The smallest absolute Gasteiger partial charge is 0.123 e.